The average Bonchev–Trinajstić information content (AvgIpc) is 3.64. The number of imide groups is 1. The highest BCUT2D eigenvalue weighted by atomic mass is 35.5. The van der Waals surface area contributed by atoms with E-state index in [1.807, 2.05) is 37.3 Å². The number of piperazine rings is 1. The van der Waals surface area contributed by atoms with Crippen LogP contribution in [0.1, 0.15) is 35.5 Å². The van der Waals surface area contributed by atoms with E-state index < -0.39 is 11.9 Å². The van der Waals surface area contributed by atoms with Crippen LogP contribution in [0.25, 0.3) is 43.3 Å². The van der Waals surface area contributed by atoms with Crippen LogP contribution in [0.15, 0.2) is 65.5 Å². The maximum absolute atomic E-state index is 13.2. The summed E-state index contributed by atoms with van der Waals surface area (Å²) in [6, 6.07) is 19.8. The minimum Gasteiger partial charge on any atom is -0.381 e. The quantitative estimate of drug-likeness (QED) is 0.194. The van der Waals surface area contributed by atoms with E-state index in [-0.39, 0.29) is 30.0 Å². The lowest BCUT2D eigenvalue weighted by molar-refractivity contribution is -0.135. The zero-order chi connectivity index (χ0) is 39.1. The van der Waals surface area contributed by atoms with Gasteiger partial charge in [0, 0.05) is 110 Å². The number of halogens is 1. The molecule has 10 rings (SSSR count). The van der Waals surface area contributed by atoms with Crippen molar-refractivity contribution in [2.45, 2.75) is 31.8 Å². The molecule has 3 aromatic heterocycles. The highest BCUT2D eigenvalue weighted by molar-refractivity contribution is 7.21. The molecule has 2 atom stereocenters. The van der Waals surface area contributed by atoms with E-state index in [1.165, 1.54) is 15.9 Å². The lowest BCUT2D eigenvalue weighted by Gasteiger charge is -2.45. The standard InChI is InChI=1S/C42H42ClN9O4S/c1-23-19-44-38-37-28-6-7-30(46-31(28)8-11-35(37)57-39(38)41(55)45-23)27-5-3-25(17-29(27)43)50-15-13-49(14-16-50)20-24-21-51(22-24)26-4-9-32-34(18-26)48(2)42(56)52(32)33-10-12-36(53)47-40(33)54/h3-9,11,17-18,23-24,33,44H,10,12-16,19-22H2,1-2H3,(H,45,55)(H,47,53,54)/t23-,33?/m1/s1. The van der Waals surface area contributed by atoms with E-state index in [9.17, 15) is 19.2 Å². The van der Waals surface area contributed by atoms with Crippen molar-refractivity contribution in [2.24, 2.45) is 13.0 Å². The second-order valence-corrected chi connectivity index (χ2v) is 17.3. The molecule has 0 radical (unpaired) electrons. The van der Waals surface area contributed by atoms with Crippen molar-refractivity contribution < 1.29 is 14.4 Å². The monoisotopic (exact) mass is 803 g/mol. The summed E-state index contributed by atoms with van der Waals surface area (Å²) >= 11 is 8.47. The summed E-state index contributed by atoms with van der Waals surface area (Å²) in [6.07, 6.45) is 0.541. The number of pyridine rings is 1. The van der Waals surface area contributed by atoms with Crippen molar-refractivity contribution in [3.8, 4) is 11.3 Å². The average molecular weight is 804 g/mol. The molecular weight excluding hydrogens is 762 g/mol. The van der Waals surface area contributed by atoms with Gasteiger partial charge in [0.2, 0.25) is 11.8 Å². The molecule has 0 spiro atoms. The van der Waals surface area contributed by atoms with Gasteiger partial charge >= 0.3 is 5.69 Å². The molecule has 3 N–H and O–H groups in total. The number of piperidine rings is 1. The Balaban J connectivity index is 0.767. The van der Waals surface area contributed by atoms with Gasteiger partial charge in [0.1, 0.15) is 10.9 Å². The Morgan fingerprint density at radius 3 is 2.47 bits per heavy atom. The summed E-state index contributed by atoms with van der Waals surface area (Å²) in [7, 11) is 1.73. The SMILES string of the molecule is C[C@@H]1CNc2c(sc3ccc4nc(-c5ccc(N6CCN(CC7CN(c8ccc9c(c8)n(C)c(=O)n9C8CCC(=O)NC8=O)C7)CC6)cc5Cl)ccc4c23)C(=O)N1. The lowest BCUT2D eigenvalue weighted by Crippen LogP contribution is -2.55. The molecule has 3 aromatic carbocycles. The van der Waals surface area contributed by atoms with E-state index >= 15 is 0 Å². The van der Waals surface area contributed by atoms with Gasteiger partial charge in [0.05, 0.1) is 33.0 Å². The van der Waals surface area contributed by atoms with E-state index in [2.05, 4.69) is 61.0 Å². The third kappa shape index (κ3) is 6.21. The molecule has 0 aliphatic carbocycles. The molecule has 6 aromatic rings. The Morgan fingerprint density at radius 1 is 0.895 bits per heavy atom. The Hall–Kier alpha value is -5.44. The topological polar surface area (TPSA) is 137 Å². The van der Waals surface area contributed by atoms with Gasteiger partial charge in [-0.1, -0.05) is 11.6 Å². The van der Waals surface area contributed by atoms with Gasteiger partial charge in [-0.3, -0.25) is 33.7 Å². The molecule has 0 bridgehead atoms. The summed E-state index contributed by atoms with van der Waals surface area (Å²) < 4.78 is 4.18. The number of aromatic nitrogens is 3. The van der Waals surface area contributed by atoms with Crippen molar-refractivity contribution in [3.63, 3.8) is 0 Å². The van der Waals surface area contributed by atoms with E-state index in [1.54, 1.807) is 11.6 Å². The predicted octanol–water partition coefficient (Wildman–Crippen LogP) is 5.20. The largest absolute Gasteiger partial charge is 0.381 e. The molecule has 292 valence electrons. The van der Waals surface area contributed by atoms with Crippen LogP contribution in [0.3, 0.4) is 0 Å². The van der Waals surface area contributed by atoms with Crippen LogP contribution in [-0.2, 0) is 16.6 Å². The summed E-state index contributed by atoms with van der Waals surface area (Å²) in [4.78, 5) is 63.4. The van der Waals surface area contributed by atoms with E-state index in [4.69, 9.17) is 16.6 Å². The third-order valence-corrected chi connectivity index (χ3v) is 13.6. The Bertz CT molecular complexity index is 2710. The summed E-state index contributed by atoms with van der Waals surface area (Å²) in [6.45, 7) is 9.37. The molecule has 3 saturated heterocycles. The van der Waals surface area contributed by atoms with Crippen LogP contribution < -0.4 is 31.4 Å². The van der Waals surface area contributed by atoms with Crippen molar-refractivity contribution in [3.05, 3.63) is 81.0 Å². The van der Waals surface area contributed by atoms with Crippen LogP contribution in [0.5, 0.6) is 0 Å². The number of imidazole rings is 1. The first-order valence-corrected chi connectivity index (χ1v) is 20.8. The molecule has 15 heteroatoms. The predicted molar refractivity (Wildman–Crippen MR) is 226 cm³/mol. The van der Waals surface area contributed by atoms with Gasteiger partial charge in [0.15, 0.2) is 0 Å². The molecule has 0 saturated carbocycles. The number of anilines is 3. The van der Waals surface area contributed by atoms with Crippen molar-refractivity contribution >= 4 is 89.7 Å². The number of benzene rings is 3. The van der Waals surface area contributed by atoms with E-state index in [0.717, 1.165) is 101 Å². The third-order valence-electron chi connectivity index (χ3n) is 12.1. The Kier molecular flexibility index (Phi) is 8.76. The van der Waals surface area contributed by atoms with Crippen LogP contribution in [0.4, 0.5) is 17.1 Å². The number of amides is 3. The number of carbonyl (C=O) groups excluding carboxylic acids is 3. The summed E-state index contributed by atoms with van der Waals surface area (Å²) in [5, 5.41) is 11.7. The van der Waals surface area contributed by atoms with Gasteiger partial charge in [-0.25, -0.2) is 9.78 Å². The first-order valence-electron chi connectivity index (χ1n) is 19.6. The molecule has 13 nitrogen and oxygen atoms in total. The second kappa shape index (κ2) is 13.9. The number of hydrogen-bond donors (Lipinski definition) is 3. The summed E-state index contributed by atoms with van der Waals surface area (Å²) in [5.74, 6) is -0.203. The van der Waals surface area contributed by atoms with Crippen LogP contribution >= 0.6 is 22.9 Å². The van der Waals surface area contributed by atoms with Crippen molar-refractivity contribution in [1.29, 1.82) is 0 Å². The molecule has 4 aliphatic rings. The highest BCUT2D eigenvalue weighted by Gasteiger charge is 2.33. The first kappa shape index (κ1) is 35.9. The number of nitrogens with one attached hydrogen (secondary N) is 3. The molecule has 3 fully saturated rings. The first-order chi connectivity index (χ1) is 27.6. The second-order valence-electron chi connectivity index (χ2n) is 15.8. The minimum absolute atomic E-state index is 0.0367. The van der Waals surface area contributed by atoms with Gasteiger partial charge < -0.3 is 20.4 Å². The van der Waals surface area contributed by atoms with Gasteiger partial charge in [-0.2, -0.15) is 0 Å². The van der Waals surface area contributed by atoms with Gasteiger partial charge in [-0.05, 0) is 74.0 Å². The zero-order valence-electron chi connectivity index (χ0n) is 31.7. The Labute approximate surface area is 337 Å². The number of nitrogens with zero attached hydrogens (tertiary/aromatic N) is 6. The Morgan fingerprint density at radius 2 is 1.68 bits per heavy atom. The molecular formula is C42H42ClN9O4S. The van der Waals surface area contributed by atoms with Crippen LogP contribution in [0.2, 0.25) is 5.02 Å². The van der Waals surface area contributed by atoms with Gasteiger partial charge in [-0.15, -0.1) is 11.3 Å². The van der Waals surface area contributed by atoms with Gasteiger partial charge in [0.25, 0.3) is 5.91 Å². The number of hydrogen-bond acceptors (Lipinski definition) is 10. The minimum atomic E-state index is -0.687. The number of fused-ring (bicyclic) bond motifs is 6. The normalized spacial score (nSPS) is 20.7. The van der Waals surface area contributed by atoms with Crippen LogP contribution in [0, 0.1) is 5.92 Å². The fraction of sp³-hybridized carbons (Fsp3) is 0.357. The fourth-order valence-corrected chi connectivity index (χ4v) is 10.4. The maximum Gasteiger partial charge on any atom is 0.329 e. The zero-order valence-corrected chi connectivity index (χ0v) is 33.3. The molecule has 57 heavy (non-hydrogen) atoms. The fourth-order valence-electron chi connectivity index (χ4n) is 9.01. The number of aryl methyl sites for hydroxylation is 1. The van der Waals surface area contributed by atoms with Crippen LogP contribution in [-0.4, -0.2) is 95.1 Å². The highest BCUT2D eigenvalue weighted by Crippen LogP contribution is 2.42. The molecule has 1 unspecified atom stereocenters. The number of thiophene rings is 1. The van der Waals surface area contributed by atoms with Crippen molar-refractivity contribution in [2.75, 3.05) is 67.5 Å². The van der Waals surface area contributed by atoms with E-state index in [0.29, 0.717) is 34.3 Å². The molecule has 7 heterocycles. The molecule has 3 amide bonds. The number of rotatable bonds is 6. The number of carbonyl (C=O) groups is 3. The van der Waals surface area contributed by atoms with Crippen molar-refractivity contribution in [1.82, 2.24) is 29.7 Å². The molecule has 4 aliphatic heterocycles. The summed E-state index contributed by atoms with van der Waals surface area (Å²) in [5.41, 5.74) is 6.86. The lowest BCUT2D eigenvalue weighted by atomic mass is 9.98. The smallest absolute Gasteiger partial charge is 0.329 e. The maximum atomic E-state index is 13.2.